The zero-order chi connectivity index (χ0) is 22.2. The number of thioether (sulfide) groups is 1. The maximum atomic E-state index is 13.5. The molecule has 1 aromatic heterocycles. The minimum Gasteiger partial charge on any atom is -0.291 e. The van der Waals surface area contributed by atoms with Crippen LogP contribution >= 0.6 is 11.8 Å². The van der Waals surface area contributed by atoms with E-state index >= 15 is 0 Å². The highest BCUT2D eigenvalue weighted by atomic mass is 32.2. The molecule has 0 saturated carbocycles. The van der Waals surface area contributed by atoms with Crippen molar-refractivity contribution in [3.05, 3.63) is 82.6 Å². The lowest BCUT2D eigenvalue weighted by Crippen LogP contribution is -2.60. The predicted octanol–water partition coefficient (Wildman–Crippen LogP) is 4.29. The maximum Gasteiger partial charge on any atom is 0.325 e. The van der Waals surface area contributed by atoms with Crippen LogP contribution in [0, 0.1) is 0 Å². The lowest BCUT2D eigenvalue weighted by molar-refractivity contribution is -0.763. The maximum absolute atomic E-state index is 13.5. The zero-order valence-electron chi connectivity index (χ0n) is 17.9. The van der Waals surface area contributed by atoms with E-state index in [-0.39, 0.29) is 11.5 Å². The topological polar surface area (TPSA) is 69.9 Å². The van der Waals surface area contributed by atoms with E-state index in [0.717, 1.165) is 28.4 Å². The molecular formula is C25H23N4O2S+. The van der Waals surface area contributed by atoms with E-state index in [4.69, 9.17) is 5.10 Å². The molecule has 5 rings (SSSR count). The van der Waals surface area contributed by atoms with Gasteiger partial charge in [-0.25, -0.2) is 4.90 Å². The number of amides is 1. The second-order valence-corrected chi connectivity index (χ2v) is 8.56. The molecule has 0 fully saturated rings. The Morgan fingerprint density at radius 1 is 1.09 bits per heavy atom. The SMILES string of the molecule is CCCC(=O)N1c2ccccc2-c2c(=O)[nH]c(SC)n[n+]2[C@H]1c1ccc2ccccc2c1. The summed E-state index contributed by atoms with van der Waals surface area (Å²) in [5, 5.41) is 7.45. The normalized spacial score (nSPS) is 14.8. The van der Waals surface area contributed by atoms with Gasteiger partial charge in [-0.2, -0.15) is 0 Å². The summed E-state index contributed by atoms with van der Waals surface area (Å²) >= 11 is 1.37. The summed E-state index contributed by atoms with van der Waals surface area (Å²) in [5.74, 6) is 0.00374. The Hall–Kier alpha value is -3.45. The van der Waals surface area contributed by atoms with Gasteiger partial charge in [-0.3, -0.25) is 14.6 Å². The fraction of sp³-hybridized carbons (Fsp3) is 0.200. The van der Waals surface area contributed by atoms with E-state index in [2.05, 4.69) is 29.2 Å². The first kappa shape index (κ1) is 20.5. The Labute approximate surface area is 189 Å². The third kappa shape index (κ3) is 3.29. The number of aromatic nitrogens is 3. The molecule has 1 N–H and O–H groups in total. The highest BCUT2D eigenvalue weighted by molar-refractivity contribution is 7.98. The Balaban J connectivity index is 1.83. The molecule has 0 radical (unpaired) electrons. The van der Waals surface area contributed by atoms with Gasteiger partial charge in [-0.1, -0.05) is 61.2 Å². The summed E-state index contributed by atoms with van der Waals surface area (Å²) in [6, 6.07) is 21.8. The molecule has 1 amide bonds. The molecule has 0 spiro atoms. The van der Waals surface area contributed by atoms with E-state index < -0.39 is 6.17 Å². The Bertz CT molecular complexity index is 1400. The molecule has 0 bridgehead atoms. The lowest BCUT2D eigenvalue weighted by atomic mass is 9.99. The van der Waals surface area contributed by atoms with Crippen LogP contribution in [0.1, 0.15) is 31.5 Å². The number of para-hydroxylation sites is 1. The number of aromatic amines is 1. The van der Waals surface area contributed by atoms with Crippen LogP contribution in [0.2, 0.25) is 0 Å². The van der Waals surface area contributed by atoms with Gasteiger partial charge in [0.2, 0.25) is 11.1 Å². The fourth-order valence-electron chi connectivity index (χ4n) is 4.34. The van der Waals surface area contributed by atoms with Gasteiger partial charge in [-0.15, -0.1) is 0 Å². The number of carbonyl (C=O) groups excluding carboxylic acids is 1. The summed E-state index contributed by atoms with van der Waals surface area (Å²) in [4.78, 5) is 31.3. The molecular weight excluding hydrogens is 420 g/mol. The Morgan fingerprint density at radius 3 is 2.62 bits per heavy atom. The van der Waals surface area contributed by atoms with E-state index in [1.165, 1.54) is 11.8 Å². The molecule has 160 valence electrons. The second kappa shape index (κ2) is 8.24. The third-order valence-corrected chi connectivity index (χ3v) is 6.33. The van der Waals surface area contributed by atoms with Crippen molar-refractivity contribution in [1.82, 2.24) is 10.1 Å². The molecule has 0 unspecified atom stereocenters. The molecule has 6 nitrogen and oxygen atoms in total. The Kier molecular flexibility index (Phi) is 5.27. The minimum atomic E-state index is -0.559. The van der Waals surface area contributed by atoms with E-state index in [1.54, 1.807) is 9.58 Å². The number of fused-ring (bicyclic) bond motifs is 4. The van der Waals surface area contributed by atoms with Crippen molar-refractivity contribution in [1.29, 1.82) is 0 Å². The number of anilines is 1. The van der Waals surface area contributed by atoms with Gasteiger partial charge in [0.15, 0.2) is 0 Å². The van der Waals surface area contributed by atoms with Gasteiger partial charge in [0.05, 0.1) is 11.3 Å². The van der Waals surface area contributed by atoms with Crippen molar-refractivity contribution in [3.63, 3.8) is 0 Å². The number of H-pyrrole nitrogens is 1. The summed E-state index contributed by atoms with van der Waals surface area (Å²) in [6.45, 7) is 1.99. The lowest BCUT2D eigenvalue weighted by Gasteiger charge is -2.32. The molecule has 32 heavy (non-hydrogen) atoms. The first-order valence-corrected chi connectivity index (χ1v) is 11.8. The molecule has 2 heterocycles. The monoisotopic (exact) mass is 443 g/mol. The number of nitrogens with one attached hydrogen (secondary N) is 1. The number of benzene rings is 3. The number of nitrogens with zero attached hydrogens (tertiary/aromatic N) is 3. The van der Waals surface area contributed by atoms with Crippen molar-refractivity contribution in [2.45, 2.75) is 31.1 Å². The molecule has 4 aromatic rings. The first-order valence-electron chi connectivity index (χ1n) is 10.6. The van der Waals surface area contributed by atoms with Crippen molar-refractivity contribution in [2.24, 2.45) is 0 Å². The number of rotatable bonds is 4. The van der Waals surface area contributed by atoms with Crippen LogP contribution in [0.3, 0.4) is 0 Å². The minimum absolute atomic E-state index is 0.00374. The predicted molar refractivity (Wildman–Crippen MR) is 127 cm³/mol. The largest absolute Gasteiger partial charge is 0.325 e. The fourth-order valence-corrected chi connectivity index (χ4v) is 4.70. The van der Waals surface area contributed by atoms with E-state index in [0.29, 0.717) is 22.8 Å². The summed E-state index contributed by atoms with van der Waals surface area (Å²) in [5.41, 5.74) is 2.57. The molecule has 1 atom stereocenters. The van der Waals surface area contributed by atoms with E-state index in [1.807, 2.05) is 55.6 Å². The highest BCUT2D eigenvalue weighted by Gasteiger charge is 2.45. The van der Waals surface area contributed by atoms with Gasteiger partial charge >= 0.3 is 11.3 Å². The average Bonchev–Trinajstić information content (AvgIpc) is 2.82. The zero-order valence-corrected chi connectivity index (χ0v) is 18.7. The molecule has 0 aliphatic carbocycles. The van der Waals surface area contributed by atoms with Gasteiger partial charge in [0, 0.05) is 17.1 Å². The Morgan fingerprint density at radius 2 is 1.84 bits per heavy atom. The summed E-state index contributed by atoms with van der Waals surface area (Å²) in [7, 11) is 0. The molecule has 1 aliphatic rings. The van der Waals surface area contributed by atoms with Gasteiger partial charge in [0.1, 0.15) is 0 Å². The molecule has 7 heteroatoms. The van der Waals surface area contributed by atoms with E-state index in [9.17, 15) is 9.59 Å². The van der Waals surface area contributed by atoms with Crippen LogP contribution in [-0.2, 0) is 4.79 Å². The number of hydrogen-bond donors (Lipinski definition) is 1. The van der Waals surface area contributed by atoms with Crippen LogP contribution in [-0.4, -0.2) is 22.2 Å². The number of carbonyl (C=O) groups is 1. The molecule has 0 saturated heterocycles. The van der Waals surface area contributed by atoms with Crippen LogP contribution < -0.4 is 15.1 Å². The van der Waals surface area contributed by atoms with Crippen molar-refractivity contribution >= 4 is 34.1 Å². The van der Waals surface area contributed by atoms with Crippen LogP contribution in [0.25, 0.3) is 22.0 Å². The van der Waals surface area contributed by atoms with Crippen LogP contribution in [0.4, 0.5) is 5.69 Å². The summed E-state index contributed by atoms with van der Waals surface area (Å²) in [6.07, 6.45) is 2.45. The van der Waals surface area contributed by atoms with Crippen LogP contribution in [0.5, 0.6) is 0 Å². The van der Waals surface area contributed by atoms with Crippen molar-refractivity contribution in [2.75, 3.05) is 11.2 Å². The smallest absolute Gasteiger partial charge is 0.291 e. The van der Waals surface area contributed by atoms with Gasteiger partial charge in [0.25, 0.3) is 6.17 Å². The van der Waals surface area contributed by atoms with Gasteiger partial charge < -0.3 is 0 Å². The van der Waals surface area contributed by atoms with Gasteiger partial charge in [-0.05, 0) is 52.4 Å². The average molecular weight is 444 g/mol. The molecule has 1 aliphatic heterocycles. The quantitative estimate of drug-likeness (QED) is 0.377. The number of hydrogen-bond acceptors (Lipinski definition) is 4. The molecule has 3 aromatic carbocycles. The van der Waals surface area contributed by atoms with Crippen LogP contribution in [0.15, 0.2) is 76.7 Å². The second-order valence-electron chi connectivity index (χ2n) is 7.77. The van der Waals surface area contributed by atoms with Crippen molar-refractivity contribution in [3.8, 4) is 11.3 Å². The third-order valence-electron chi connectivity index (χ3n) is 5.76. The van der Waals surface area contributed by atoms with Crippen molar-refractivity contribution < 1.29 is 9.48 Å². The first-order chi connectivity index (χ1) is 15.6. The summed E-state index contributed by atoms with van der Waals surface area (Å²) < 4.78 is 1.71. The standard InChI is InChI=1S/C25H22N4O2S/c1-3-8-21(30)28-20-12-7-6-11-19(20)22-23(31)26-25(32-2)27-29(22)24(28)18-14-13-16-9-4-5-10-17(16)15-18/h4-7,9-15,24H,3,8H2,1-2H3/p+1/t24-/m0/s1. The highest BCUT2D eigenvalue weighted by Crippen LogP contribution is 2.38.